The Morgan fingerprint density at radius 3 is 2.56 bits per heavy atom. The molecule has 1 aromatic rings. The van der Waals surface area contributed by atoms with Crippen LogP contribution in [0.1, 0.15) is 6.42 Å². The number of benzene rings is 1. The van der Waals surface area contributed by atoms with Crippen LogP contribution in [0.5, 0.6) is 11.5 Å². The second-order valence-electron chi connectivity index (χ2n) is 6.04. The van der Waals surface area contributed by atoms with Crippen molar-refractivity contribution < 1.29 is 32.3 Å². The monoisotopic (exact) mass is 371 g/mol. The van der Waals surface area contributed by atoms with Crippen LogP contribution in [0.25, 0.3) is 0 Å². The molecule has 0 atom stereocenters. The molecule has 0 radical (unpaired) electrons. The molecule has 0 amide bonds. The van der Waals surface area contributed by atoms with Crippen LogP contribution < -0.4 is 14.4 Å². The molecular formula is C16H23N2O6S+. The normalized spacial score (nSPS) is 18.8. The molecular weight excluding hydrogens is 348 g/mol. The molecule has 2 heterocycles. The Balaban J connectivity index is 1.63. The fourth-order valence-corrected chi connectivity index (χ4v) is 4.46. The third-order valence-electron chi connectivity index (χ3n) is 4.49. The molecule has 9 heteroatoms. The van der Waals surface area contributed by atoms with Gasteiger partial charge in [0.2, 0.25) is 10.0 Å². The number of nitrogens with one attached hydrogen (secondary N) is 1. The SMILES string of the molecule is COC(=O)CC[NH+]1CCN(S(=O)(=O)c2ccc3c(c2)OCCO3)CC1. The maximum absolute atomic E-state index is 12.8. The molecule has 1 fully saturated rings. The van der Waals surface area contributed by atoms with Gasteiger partial charge >= 0.3 is 5.97 Å². The zero-order valence-corrected chi connectivity index (χ0v) is 15.0. The fourth-order valence-electron chi connectivity index (χ4n) is 3.01. The summed E-state index contributed by atoms with van der Waals surface area (Å²) in [4.78, 5) is 12.6. The number of piperazine rings is 1. The first kappa shape index (κ1) is 18.0. The number of carbonyl (C=O) groups excluding carboxylic acids is 1. The minimum atomic E-state index is -3.56. The highest BCUT2D eigenvalue weighted by atomic mass is 32.2. The number of fused-ring (bicyclic) bond motifs is 1. The van der Waals surface area contributed by atoms with Crippen LogP contribution in [-0.2, 0) is 19.6 Å². The number of carbonyl (C=O) groups is 1. The van der Waals surface area contributed by atoms with Crippen molar-refractivity contribution >= 4 is 16.0 Å². The van der Waals surface area contributed by atoms with Gasteiger partial charge in [-0.15, -0.1) is 0 Å². The summed E-state index contributed by atoms with van der Waals surface area (Å²) < 4.78 is 42.7. The summed E-state index contributed by atoms with van der Waals surface area (Å²) in [7, 11) is -2.19. The average Bonchev–Trinajstić information content (AvgIpc) is 2.66. The zero-order valence-electron chi connectivity index (χ0n) is 14.2. The Hall–Kier alpha value is -1.84. The van der Waals surface area contributed by atoms with E-state index in [9.17, 15) is 13.2 Å². The number of rotatable bonds is 5. The van der Waals surface area contributed by atoms with Crippen LogP contribution in [0.3, 0.4) is 0 Å². The number of esters is 1. The second-order valence-corrected chi connectivity index (χ2v) is 7.97. The highest BCUT2D eigenvalue weighted by molar-refractivity contribution is 7.89. The van der Waals surface area contributed by atoms with Gasteiger partial charge in [0.15, 0.2) is 11.5 Å². The van der Waals surface area contributed by atoms with Crippen molar-refractivity contribution in [3.8, 4) is 11.5 Å². The summed E-state index contributed by atoms with van der Waals surface area (Å²) in [6, 6.07) is 4.72. The van der Waals surface area contributed by atoms with Crippen molar-refractivity contribution in [3.05, 3.63) is 18.2 Å². The maximum atomic E-state index is 12.8. The molecule has 0 unspecified atom stereocenters. The first-order chi connectivity index (χ1) is 12.0. The van der Waals surface area contributed by atoms with E-state index in [0.29, 0.717) is 63.9 Å². The topological polar surface area (TPSA) is 86.6 Å². The molecule has 0 spiro atoms. The third-order valence-corrected chi connectivity index (χ3v) is 6.39. The molecule has 0 aromatic heterocycles. The minimum Gasteiger partial charge on any atom is -0.486 e. The second kappa shape index (κ2) is 7.59. The van der Waals surface area contributed by atoms with Crippen molar-refractivity contribution in [2.75, 3.05) is 53.0 Å². The van der Waals surface area contributed by atoms with Gasteiger partial charge in [0.05, 0.1) is 51.1 Å². The third kappa shape index (κ3) is 4.05. The van der Waals surface area contributed by atoms with E-state index < -0.39 is 10.0 Å². The smallest absolute Gasteiger partial charge is 0.311 e. The van der Waals surface area contributed by atoms with Crippen LogP contribution in [0.4, 0.5) is 0 Å². The molecule has 2 aliphatic heterocycles. The van der Waals surface area contributed by atoms with E-state index in [4.69, 9.17) is 9.47 Å². The molecule has 1 N–H and O–H groups in total. The number of methoxy groups -OCH3 is 1. The van der Waals surface area contributed by atoms with E-state index >= 15 is 0 Å². The summed E-state index contributed by atoms with van der Waals surface area (Å²) >= 11 is 0. The molecule has 0 saturated carbocycles. The number of hydrogen-bond acceptors (Lipinski definition) is 6. The predicted molar refractivity (Wildman–Crippen MR) is 88.4 cm³/mol. The van der Waals surface area contributed by atoms with Gasteiger partial charge in [0, 0.05) is 6.07 Å². The lowest BCUT2D eigenvalue weighted by molar-refractivity contribution is -0.903. The van der Waals surface area contributed by atoms with E-state index in [1.54, 1.807) is 12.1 Å². The summed E-state index contributed by atoms with van der Waals surface area (Å²) in [5.74, 6) is 0.802. The molecule has 2 aliphatic rings. The van der Waals surface area contributed by atoms with Crippen LogP contribution in [0.15, 0.2) is 23.1 Å². The van der Waals surface area contributed by atoms with Gasteiger partial charge in [-0.25, -0.2) is 8.42 Å². The molecule has 8 nitrogen and oxygen atoms in total. The number of sulfonamides is 1. The number of nitrogens with zero attached hydrogens (tertiary/aromatic N) is 1. The van der Waals surface area contributed by atoms with E-state index in [1.165, 1.54) is 22.4 Å². The van der Waals surface area contributed by atoms with Gasteiger partial charge in [-0.3, -0.25) is 4.79 Å². The molecule has 0 aliphatic carbocycles. The van der Waals surface area contributed by atoms with Gasteiger partial charge in [-0.05, 0) is 12.1 Å². The largest absolute Gasteiger partial charge is 0.486 e. The van der Waals surface area contributed by atoms with Crippen LogP contribution in [0.2, 0.25) is 0 Å². The van der Waals surface area contributed by atoms with Crippen molar-refractivity contribution in [1.82, 2.24) is 4.31 Å². The standard InChI is InChI=1S/C16H22N2O6S/c1-22-16(19)4-5-17-6-8-18(9-7-17)25(20,21)13-2-3-14-15(12-13)24-11-10-23-14/h2-3,12H,4-11H2,1H3/p+1. The molecule has 3 rings (SSSR count). The lowest BCUT2D eigenvalue weighted by Gasteiger charge is -2.31. The highest BCUT2D eigenvalue weighted by Crippen LogP contribution is 2.33. The van der Waals surface area contributed by atoms with E-state index in [-0.39, 0.29) is 10.9 Å². The van der Waals surface area contributed by atoms with Crippen molar-refractivity contribution in [3.63, 3.8) is 0 Å². The van der Waals surface area contributed by atoms with Gasteiger partial charge in [0.25, 0.3) is 0 Å². The van der Waals surface area contributed by atoms with Crippen molar-refractivity contribution in [2.45, 2.75) is 11.3 Å². The Morgan fingerprint density at radius 1 is 1.20 bits per heavy atom. The molecule has 0 bridgehead atoms. The van der Waals surface area contributed by atoms with Gasteiger partial charge in [-0.1, -0.05) is 0 Å². The van der Waals surface area contributed by atoms with Crippen molar-refractivity contribution in [2.24, 2.45) is 0 Å². The Kier molecular flexibility index (Phi) is 5.45. The number of hydrogen-bond donors (Lipinski definition) is 1. The van der Waals surface area contributed by atoms with Crippen LogP contribution >= 0.6 is 0 Å². The summed E-state index contributed by atoms with van der Waals surface area (Å²) in [5.41, 5.74) is 0. The lowest BCUT2D eigenvalue weighted by Crippen LogP contribution is -3.14. The molecule has 1 saturated heterocycles. The summed E-state index contributed by atoms with van der Waals surface area (Å²) in [6.45, 7) is 3.72. The first-order valence-electron chi connectivity index (χ1n) is 8.31. The summed E-state index contributed by atoms with van der Waals surface area (Å²) in [5, 5.41) is 0. The predicted octanol–water partition coefficient (Wildman–Crippen LogP) is -1.09. The van der Waals surface area contributed by atoms with Gasteiger partial charge in [-0.2, -0.15) is 4.31 Å². The van der Waals surface area contributed by atoms with Gasteiger partial charge < -0.3 is 19.1 Å². The fraction of sp³-hybridized carbons (Fsp3) is 0.562. The highest BCUT2D eigenvalue weighted by Gasteiger charge is 2.31. The zero-order chi connectivity index (χ0) is 17.9. The van der Waals surface area contributed by atoms with E-state index in [0.717, 1.165) is 0 Å². The average molecular weight is 371 g/mol. The Labute approximate surface area is 147 Å². The van der Waals surface area contributed by atoms with Crippen molar-refractivity contribution in [1.29, 1.82) is 0 Å². The van der Waals surface area contributed by atoms with E-state index in [2.05, 4.69) is 4.74 Å². The maximum Gasteiger partial charge on any atom is 0.311 e. The lowest BCUT2D eigenvalue weighted by atomic mass is 10.3. The first-order valence-corrected chi connectivity index (χ1v) is 9.75. The quantitative estimate of drug-likeness (QED) is 0.662. The van der Waals surface area contributed by atoms with Crippen LogP contribution in [0, 0.1) is 0 Å². The summed E-state index contributed by atoms with van der Waals surface area (Å²) in [6.07, 6.45) is 0.348. The molecule has 1 aromatic carbocycles. The minimum absolute atomic E-state index is 0.217. The van der Waals surface area contributed by atoms with Crippen LogP contribution in [-0.4, -0.2) is 71.7 Å². The molecule has 25 heavy (non-hydrogen) atoms. The Morgan fingerprint density at radius 2 is 1.88 bits per heavy atom. The molecule has 138 valence electrons. The number of quaternary nitrogens is 1. The van der Waals surface area contributed by atoms with E-state index in [1.807, 2.05) is 0 Å². The number of ether oxygens (including phenoxy) is 3. The Bertz CT molecular complexity index is 728. The van der Waals surface area contributed by atoms with Gasteiger partial charge in [0.1, 0.15) is 13.2 Å².